The maximum absolute atomic E-state index is 12.3. The summed E-state index contributed by atoms with van der Waals surface area (Å²) in [6.07, 6.45) is 4.98. The molecule has 1 N–H and O–H groups in total. The first-order valence-corrected chi connectivity index (χ1v) is 8.83. The van der Waals surface area contributed by atoms with Crippen LogP contribution in [0.25, 0.3) is 0 Å². The molecule has 0 radical (unpaired) electrons. The third-order valence-corrected chi connectivity index (χ3v) is 5.92. The Morgan fingerprint density at radius 1 is 1.48 bits per heavy atom. The molecular formula is C20H26O5. The van der Waals surface area contributed by atoms with Crippen LogP contribution in [0.3, 0.4) is 0 Å². The van der Waals surface area contributed by atoms with E-state index in [2.05, 4.69) is 0 Å². The zero-order chi connectivity index (χ0) is 18.5. The minimum absolute atomic E-state index is 0.273. The summed E-state index contributed by atoms with van der Waals surface area (Å²) in [4.78, 5) is 24.6. The molecule has 1 heterocycles. The van der Waals surface area contributed by atoms with Gasteiger partial charge in [-0.05, 0) is 33.3 Å². The van der Waals surface area contributed by atoms with Crippen molar-refractivity contribution in [3.8, 4) is 0 Å². The van der Waals surface area contributed by atoms with Crippen LogP contribution in [0.5, 0.6) is 0 Å². The Kier molecular flexibility index (Phi) is 4.40. The molecule has 25 heavy (non-hydrogen) atoms. The lowest BCUT2D eigenvalue weighted by Crippen LogP contribution is -2.44. The van der Waals surface area contributed by atoms with Gasteiger partial charge in [-0.2, -0.15) is 0 Å². The Morgan fingerprint density at radius 2 is 2.16 bits per heavy atom. The molecule has 0 aromatic heterocycles. The summed E-state index contributed by atoms with van der Waals surface area (Å²) < 4.78 is 11.5. The van der Waals surface area contributed by atoms with Crippen LogP contribution in [0.1, 0.15) is 41.0 Å². The second-order valence-corrected chi connectivity index (χ2v) is 7.66. The number of carbonyl (C=O) groups excluding carboxylic acids is 2. The summed E-state index contributed by atoms with van der Waals surface area (Å²) in [7, 11) is 0. The van der Waals surface area contributed by atoms with E-state index >= 15 is 0 Å². The maximum Gasteiger partial charge on any atom is 0.333 e. The van der Waals surface area contributed by atoms with Crippen LogP contribution >= 0.6 is 0 Å². The van der Waals surface area contributed by atoms with E-state index in [9.17, 15) is 14.7 Å². The Hall–Kier alpha value is -1.88. The van der Waals surface area contributed by atoms with Gasteiger partial charge in [0.1, 0.15) is 12.2 Å². The SMILES string of the molecule is C/C=C(\C)C(=O)O[C@H]1CC(C)=C2C=C[C@@](C)(O)[C@@H]2[C@H]2OC(=O)[C@@H](C)C12. The van der Waals surface area contributed by atoms with Crippen LogP contribution in [0.2, 0.25) is 0 Å². The first kappa shape index (κ1) is 17.9. The van der Waals surface area contributed by atoms with Gasteiger partial charge in [-0.1, -0.05) is 30.7 Å². The van der Waals surface area contributed by atoms with Gasteiger partial charge in [-0.25, -0.2) is 4.79 Å². The van der Waals surface area contributed by atoms with Crippen molar-refractivity contribution in [2.24, 2.45) is 17.8 Å². The highest BCUT2D eigenvalue weighted by Crippen LogP contribution is 2.50. The summed E-state index contributed by atoms with van der Waals surface area (Å²) >= 11 is 0. The van der Waals surface area contributed by atoms with Crippen LogP contribution < -0.4 is 0 Å². The van der Waals surface area contributed by atoms with Gasteiger partial charge >= 0.3 is 11.9 Å². The van der Waals surface area contributed by atoms with Gasteiger partial charge in [-0.15, -0.1) is 0 Å². The molecule has 0 aromatic carbocycles. The molecule has 1 aliphatic heterocycles. The number of hydrogen-bond donors (Lipinski definition) is 1. The molecule has 2 aliphatic carbocycles. The number of carbonyl (C=O) groups is 2. The molecule has 5 nitrogen and oxygen atoms in total. The van der Waals surface area contributed by atoms with Gasteiger partial charge in [0.2, 0.25) is 0 Å². The monoisotopic (exact) mass is 346 g/mol. The summed E-state index contributed by atoms with van der Waals surface area (Å²) in [5.74, 6) is -1.63. The van der Waals surface area contributed by atoms with E-state index in [1.54, 1.807) is 32.9 Å². The molecule has 136 valence electrons. The van der Waals surface area contributed by atoms with Crippen molar-refractivity contribution >= 4 is 11.9 Å². The second-order valence-electron chi connectivity index (χ2n) is 7.66. The average molecular weight is 346 g/mol. The fraction of sp³-hybridized carbons (Fsp3) is 0.600. The predicted octanol–water partition coefficient (Wildman–Crippen LogP) is 2.70. The molecule has 1 saturated heterocycles. The van der Waals surface area contributed by atoms with Crippen LogP contribution in [-0.2, 0) is 19.1 Å². The minimum Gasteiger partial charge on any atom is -0.461 e. The first-order valence-electron chi connectivity index (χ1n) is 8.83. The van der Waals surface area contributed by atoms with E-state index in [-0.39, 0.29) is 29.7 Å². The van der Waals surface area contributed by atoms with Crippen LogP contribution in [0, 0.1) is 17.8 Å². The Morgan fingerprint density at radius 3 is 2.80 bits per heavy atom. The quantitative estimate of drug-likeness (QED) is 0.615. The molecule has 5 heteroatoms. The van der Waals surface area contributed by atoms with E-state index in [4.69, 9.17) is 9.47 Å². The van der Waals surface area contributed by atoms with Crippen LogP contribution in [0.15, 0.2) is 34.9 Å². The molecule has 3 rings (SSSR count). The molecule has 0 aromatic rings. The van der Waals surface area contributed by atoms with Crippen molar-refractivity contribution in [2.45, 2.75) is 58.8 Å². The Labute approximate surface area is 148 Å². The molecule has 3 aliphatic rings. The summed E-state index contributed by atoms with van der Waals surface area (Å²) in [6, 6.07) is 0. The lowest BCUT2D eigenvalue weighted by molar-refractivity contribution is -0.150. The van der Waals surface area contributed by atoms with Crippen molar-refractivity contribution in [2.75, 3.05) is 0 Å². The zero-order valence-electron chi connectivity index (χ0n) is 15.4. The number of ether oxygens (including phenoxy) is 2. The minimum atomic E-state index is -1.08. The molecule has 1 unspecified atom stereocenters. The van der Waals surface area contributed by atoms with Crippen molar-refractivity contribution in [1.82, 2.24) is 0 Å². The summed E-state index contributed by atoms with van der Waals surface area (Å²) in [5.41, 5.74) is 1.51. The van der Waals surface area contributed by atoms with Crippen LogP contribution in [-0.4, -0.2) is 34.9 Å². The van der Waals surface area contributed by atoms with Crippen molar-refractivity contribution in [3.05, 3.63) is 34.9 Å². The molecule has 1 fully saturated rings. The number of fused-ring (bicyclic) bond motifs is 3. The highest BCUT2D eigenvalue weighted by molar-refractivity contribution is 5.87. The smallest absolute Gasteiger partial charge is 0.333 e. The number of rotatable bonds is 2. The maximum atomic E-state index is 12.3. The molecule has 0 saturated carbocycles. The van der Waals surface area contributed by atoms with E-state index in [0.717, 1.165) is 11.1 Å². The zero-order valence-corrected chi connectivity index (χ0v) is 15.4. The van der Waals surface area contributed by atoms with Crippen molar-refractivity contribution in [1.29, 1.82) is 0 Å². The lowest BCUT2D eigenvalue weighted by Gasteiger charge is -2.34. The highest BCUT2D eigenvalue weighted by atomic mass is 16.6. The first-order chi connectivity index (χ1) is 11.7. The number of aliphatic hydroxyl groups is 1. The van der Waals surface area contributed by atoms with E-state index in [0.29, 0.717) is 12.0 Å². The Balaban J connectivity index is 2.01. The van der Waals surface area contributed by atoms with E-state index in [1.807, 2.05) is 19.9 Å². The van der Waals surface area contributed by atoms with E-state index in [1.165, 1.54) is 0 Å². The standard InChI is InChI=1S/C20H26O5/c1-6-10(2)18(21)24-14-9-11(3)13-7-8-20(5,23)16(13)17-15(14)12(4)19(22)25-17/h6-8,12,14-17,23H,9H2,1-5H3/b10-6+/t12-,14-,15?,16-,17-,20+/m0/s1. The molecule has 6 atom stereocenters. The number of hydrogen-bond acceptors (Lipinski definition) is 5. The third kappa shape index (κ3) is 2.84. The second kappa shape index (κ2) is 6.13. The van der Waals surface area contributed by atoms with Crippen LogP contribution in [0.4, 0.5) is 0 Å². The third-order valence-electron chi connectivity index (χ3n) is 5.92. The van der Waals surface area contributed by atoms with Crippen molar-refractivity contribution < 1.29 is 24.2 Å². The van der Waals surface area contributed by atoms with Gasteiger partial charge in [0.15, 0.2) is 0 Å². The fourth-order valence-corrected chi connectivity index (χ4v) is 4.31. The number of allylic oxidation sites excluding steroid dienone is 2. The lowest BCUT2D eigenvalue weighted by atomic mass is 9.76. The number of esters is 2. The topological polar surface area (TPSA) is 72.8 Å². The average Bonchev–Trinajstić information content (AvgIpc) is 2.97. The van der Waals surface area contributed by atoms with Gasteiger partial charge in [0.25, 0.3) is 0 Å². The van der Waals surface area contributed by atoms with Gasteiger partial charge in [0, 0.05) is 17.9 Å². The van der Waals surface area contributed by atoms with Gasteiger partial charge in [0.05, 0.1) is 17.4 Å². The highest BCUT2D eigenvalue weighted by Gasteiger charge is 2.57. The molecule has 0 bridgehead atoms. The summed E-state index contributed by atoms with van der Waals surface area (Å²) in [6.45, 7) is 9.04. The van der Waals surface area contributed by atoms with Gasteiger partial charge in [-0.3, -0.25) is 4.79 Å². The molecule has 0 amide bonds. The molecular weight excluding hydrogens is 320 g/mol. The predicted molar refractivity (Wildman–Crippen MR) is 92.4 cm³/mol. The largest absolute Gasteiger partial charge is 0.461 e. The fourth-order valence-electron chi connectivity index (χ4n) is 4.31. The van der Waals surface area contributed by atoms with Crippen molar-refractivity contribution in [3.63, 3.8) is 0 Å². The Bertz CT molecular complexity index is 697. The molecule has 0 spiro atoms. The van der Waals surface area contributed by atoms with Gasteiger partial charge < -0.3 is 14.6 Å². The normalized spacial score (nSPS) is 40.5. The van der Waals surface area contributed by atoms with E-state index < -0.39 is 17.8 Å². The summed E-state index contributed by atoms with van der Waals surface area (Å²) in [5, 5.41) is 10.8.